The van der Waals surface area contributed by atoms with Gasteiger partial charge in [-0.25, -0.2) is 0 Å². The van der Waals surface area contributed by atoms with Crippen LogP contribution in [0.1, 0.15) is 411 Å². The number of pyridine rings is 5. The molecule has 23 heteroatoms. The number of benzene rings is 5. The smallest absolute Gasteiger partial charge is 0.263 e. The maximum atomic E-state index is 13.2. The highest BCUT2D eigenvalue weighted by Gasteiger charge is 2.36. The zero-order valence-corrected chi connectivity index (χ0v) is 88.3. The van der Waals surface area contributed by atoms with Crippen LogP contribution in [0, 0.1) is 19.3 Å². The van der Waals surface area contributed by atoms with Crippen molar-refractivity contribution in [3.63, 3.8) is 0 Å². The van der Waals surface area contributed by atoms with Crippen molar-refractivity contribution >= 4 is 46.6 Å². The van der Waals surface area contributed by atoms with Gasteiger partial charge in [0.05, 0.1) is 30.2 Å². The number of aryl methyl sites for hydroxylation is 1. The quantitative estimate of drug-likeness (QED) is 0.0330. The highest BCUT2D eigenvalue weighted by Crippen LogP contribution is 2.43. The summed E-state index contributed by atoms with van der Waals surface area (Å²) in [7, 11) is 6.02. The van der Waals surface area contributed by atoms with E-state index < -0.39 is 0 Å². The third-order valence-corrected chi connectivity index (χ3v) is 29.8. The Balaban J connectivity index is 0.000000168. The number of nitrogens with two attached hydrogens (primary N) is 1. The van der Waals surface area contributed by atoms with E-state index in [0.717, 1.165) is 232 Å². The number of nitrogens with one attached hydrogen (secondary N) is 6. The van der Waals surface area contributed by atoms with Crippen LogP contribution in [0.15, 0.2) is 207 Å². The van der Waals surface area contributed by atoms with Crippen LogP contribution in [-0.2, 0) is 32.1 Å². The highest BCUT2D eigenvalue weighted by atomic mass is 16.2. The molecule has 0 saturated heterocycles. The van der Waals surface area contributed by atoms with E-state index in [-0.39, 0.29) is 146 Å². The van der Waals surface area contributed by atoms with Crippen molar-refractivity contribution in [2.45, 2.75) is 361 Å². The first-order chi connectivity index (χ1) is 70.2. The molecule has 770 valence electrons. The standard InChI is InChI=1S/C23H29N3O2.C23H24N2O2.C22H27N3O2.C22H26N2O2.C21H25N3O2.5C2H6/c1-25(2)20-12-6-10-17-18(20)13-14-21(17)26-15-7-11-19(23(26)28)22(27)24-16-8-4-3-5-9-16;1-2-16-8-6-11-19-18(16)13-14-21(19)25-15-7-12-20(23(25)27)22(26)24-17-9-4-3-5-10-17;1-23-19-11-5-9-17-16(19)12-13-20(17)25-14-6-10-18(22(25)27)21(26)24-15-7-3-2-4-8-15;1-15-7-5-10-18-17(15)12-13-20(18)24-14-6-11-19(22(24)26)21(25)23-16-8-3-2-4-9-16;22-18-10-4-8-16-15(18)11-12-19(16)24-13-5-9-17(21(24)26)20(25)23-14-6-2-1-3-7-14;5*1-2/h6-7,10-12,15-16,21H,3-5,8-9,13-14H2,1-2H3,(H,24,27);1,6-8,11-12,15,17,21H,3-5,9-10,13-14H2,(H,24,26);5-6,9-11,14-15,20,23H,2-4,7-8,12-13H2,1H3,(H,24,26);5-7,10-11,14,16,20H,2-4,8-9,12-13H2,1H3,(H,23,25);4-5,8-10,13-14,19H,1-3,6-7,11-12,22H2,(H,23,25);5*1-2H3. The Morgan fingerprint density at radius 3 is 0.868 bits per heavy atom. The molecule has 10 aliphatic carbocycles. The van der Waals surface area contributed by atoms with E-state index in [1.807, 2.05) is 170 Å². The van der Waals surface area contributed by atoms with Gasteiger partial charge in [0.1, 0.15) is 27.8 Å². The molecule has 5 saturated carbocycles. The molecule has 5 fully saturated rings. The lowest BCUT2D eigenvalue weighted by molar-refractivity contribution is 0.0917. The fourth-order valence-electron chi connectivity index (χ4n) is 22.8. The van der Waals surface area contributed by atoms with E-state index in [1.165, 1.54) is 76.7 Å². The second-order valence-electron chi connectivity index (χ2n) is 38.4. The average Bonchev–Trinajstić information content (AvgIpc) is 1.63. The highest BCUT2D eigenvalue weighted by molar-refractivity contribution is 5.96. The molecule has 5 heterocycles. The predicted octanol–water partition coefficient (Wildman–Crippen LogP) is 22.3. The van der Waals surface area contributed by atoms with Crippen LogP contribution in [0.5, 0.6) is 0 Å². The summed E-state index contributed by atoms with van der Waals surface area (Å²) in [5.74, 6) is 1.55. The van der Waals surface area contributed by atoms with Gasteiger partial charge < -0.3 is 65.4 Å². The Hall–Kier alpha value is -12.8. The number of hydrogen-bond donors (Lipinski definition) is 7. The van der Waals surface area contributed by atoms with Crippen molar-refractivity contribution in [1.29, 1.82) is 0 Å². The van der Waals surface area contributed by atoms with E-state index in [4.69, 9.17) is 12.2 Å². The molecule has 8 N–H and O–H groups in total. The van der Waals surface area contributed by atoms with Crippen LogP contribution < -0.4 is 70.3 Å². The summed E-state index contributed by atoms with van der Waals surface area (Å²) in [5, 5.41) is 18.6. The first-order valence-corrected chi connectivity index (χ1v) is 54.5. The number of nitrogen functional groups attached to an aromatic ring is 1. The van der Waals surface area contributed by atoms with E-state index in [2.05, 4.69) is 98.2 Å². The molecule has 5 atom stereocenters. The van der Waals surface area contributed by atoms with Gasteiger partial charge in [0.2, 0.25) is 0 Å². The van der Waals surface area contributed by atoms with Gasteiger partial charge in [-0.1, -0.05) is 238 Å². The molecule has 5 aromatic carbocycles. The lowest BCUT2D eigenvalue weighted by atomic mass is 9.95. The van der Waals surface area contributed by atoms with Crippen LogP contribution in [0.3, 0.4) is 0 Å². The number of terminal acetylenes is 1. The number of amides is 5. The number of nitrogens with zero attached hydrogens (tertiary/aromatic N) is 6. The van der Waals surface area contributed by atoms with Crippen LogP contribution >= 0.6 is 0 Å². The van der Waals surface area contributed by atoms with Gasteiger partial charge in [-0.05, 0) is 281 Å². The molecule has 0 radical (unpaired) electrons. The molecular formula is C121H161N13O10. The summed E-state index contributed by atoms with van der Waals surface area (Å²) in [6.45, 7) is 22.1. The van der Waals surface area contributed by atoms with E-state index in [0.29, 0.717) is 0 Å². The van der Waals surface area contributed by atoms with Gasteiger partial charge in [0.25, 0.3) is 57.3 Å². The van der Waals surface area contributed by atoms with E-state index in [9.17, 15) is 47.9 Å². The second-order valence-corrected chi connectivity index (χ2v) is 38.4. The maximum absolute atomic E-state index is 13.2. The van der Waals surface area contributed by atoms with Gasteiger partial charge in [0, 0.05) is 105 Å². The van der Waals surface area contributed by atoms with E-state index in [1.54, 1.807) is 77.7 Å². The molecule has 5 aromatic heterocycles. The summed E-state index contributed by atoms with van der Waals surface area (Å²) in [6.07, 6.45) is 51.2. The zero-order chi connectivity index (χ0) is 103. The topological polar surface area (TPSA) is 297 Å². The first-order valence-electron chi connectivity index (χ1n) is 54.5. The minimum Gasteiger partial charge on any atom is -0.398 e. The minimum absolute atomic E-state index is 0.00942. The molecule has 23 nitrogen and oxygen atoms in total. The average molecular weight is 1960 g/mol. The number of aromatic nitrogens is 5. The van der Waals surface area contributed by atoms with Crippen molar-refractivity contribution in [1.82, 2.24) is 49.4 Å². The number of carbonyl (C=O) groups excluding carboxylic acids is 5. The summed E-state index contributed by atoms with van der Waals surface area (Å²) in [6, 6.07) is 48.7. The Morgan fingerprint density at radius 1 is 0.306 bits per heavy atom. The molecule has 10 aromatic rings. The summed E-state index contributed by atoms with van der Waals surface area (Å²) >= 11 is 0. The lowest BCUT2D eigenvalue weighted by Crippen LogP contribution is -2.40. The Morgan fingerprint density at radius 2 is 0.556 bits per heavy atom. The van der Waals surface area contributed by atoms with Gasteiger partial charge in [-0.2, -0.15) is 0 Å². The fourth-order valence-corrected chi connectivity index (χ4v) is 22.8. The van der Waals surface area contributed by atoms with Gasteiger partial charge in [-0.15, -0.1) is 6.42 Å². The summed E-state index contributed by atoms with van der Waals surface area (Å²) in [5.41, 5.74) is 23.6. The lowest BCUT2D eigenvalue weighted by Gasteiger charge is -2.23. The maximum Gasteiger partial charge on any atom is 0.263 e. The SMILES string of the molecule is C#Cc1cccc2c1CCC2n1cccc(C(=O)NC2CCCCC2)c1=O.CC.CC.CC.CC.CC.CN(C)c1cccc2c1CCC2n1cccc(C(=O)NC2CCCCC2)c1=O.CNc1cccc2c1CCC2n1cccc(C(=O)NC2CCCCC2)c1=O.Cc1cccc2c1CCC2n1cccc(C(=O)NC2CCCCC2)c1=O.Nc1cccc2c1CCC2n1cccc(C(=O)NC2CCCCC2)c1=O. The molecule has 0 bridgehead atoms. The molecule has 0 aliphatic heterocycles. The number of rotatable bonds is 17. The molecular weight excluding hydrogens is 1800 g/mol. The normalized spacial score (nSPS) is 18.4. The minimum atomic E-state index is -0.253. The largest absolute Gasteiger partial charge is 0.398 e. The fraction of sp³-hybridized carbons (Fsp3) is 0.488. The van der Waals surface area contributed by atoms with E-state index >= 15 is 0 Å². The van der Waals surface area contributed by atoms with Crippen molar-refractivity contribution in [2.24, 2.45) is 0 Å². The number of carbonyl (C=O) groups is 5. The number of hydrogen-bond acceptors (Lipinski definition) is 13. The summed E-state index contributed by atoms with van der Waals surface area (Å²) in [4.78, 5) is 131. The van der Waals surface area contributed by atoms with Crippen LogP contribution in [-0.4, -0.2) is 104 Å². The van der Waals surface area contributed by atoms with Gasteiger partial charge in [0.15, 0.2) is 0 Å². The monoisotopic (exact) mass is 1960 g/mol. The van der Waals surface area contributed by atoms with Gasteiger partial charge in [-0.3, -0.25) is 47.9 Å². The first kappa shape index (κ1) is 112. The molecule has 5 unspecified atom stereocenters. The predicted molar refractivity (Wildman–Crippen MR) is 587 cm³/mol. The van der Waals surface area contributed by atoms with Crippen LogP contribution in [0.2, 0.25) is 0 Å². The summed E-state index contributed by atoms with van der Waals surface area (Å²) < 4.78 is 8.63. The van der Waals surface area contributed by atoms with Crippen molar-refractivity contribution in [3.05, 3.63) is 329 Å². The molecule has 5 amide bonds. The number of anilines is 3. The van der Waals surface area contributed by atoms with Crippen molar-refractivity contribution in [3.8, 4) is 12.3 Å². The Bertz CT molecular complexity index is 6150. The number of fused-ring (bicyclic) bond motifs is 5. The third-order valence-electron chi connectivity index (χ3n) is 29.8. The molecule has 20 rings (SSSR count). The van der Waals surface area contributed by atoms with Crippen molar-refractivity contribution < 1.29 is 24.0 Å². The van der Waals surface area contributed by atoms with Crippen LogP contribution in [0.25, 0.3) is 0 Å². The Labute approximate surface area is 854 Å². The third kappa shape index (κ3) is 27.0. The molecule has 10 aliphatic rings. The zero-order valence-electron chi connectivity index (χ0n) is 88.3. The molecule has 144 heavy (non-hydrogen) atoms. The van der Waals surface area contributed by atoms with Crippen LogP contribution in [0.4, 0.5) is 17.1 Å². The second kappa shape index (κ2) is 55.9. The van der Waals surface area contributed by atoms with Crippen molar-refractivity contribution in [2.75, 3.05) is 37.1 Å². The Kier molecular flexibility index (Phi) is 43.3. The van der Waals surface area contributed by atoms with Gasteiger partial charge >= 0.3 is 0 Å². The molecule has 0 spiro atoms.